The van der Waals surface area contributed by atoms with Crippen molar-refractivity contribution in [1.82, 2.24) is 29.6 Å². The fourth-order valence-electron chi connectivity index (χ4n) is 3.19. The second-order valence-electron chi connectivity index (χ2n) is 6.21. The van der Waals surface area contributed by atoms with Gasteiger partial charge >= 0.3 is 0 Å². The summed E-state index contributed by atoms with van der Waals surface area (Å²) < 4.78 is 7.34. The Morgan fingerprint density at radius 3 is 2.68 bits per heavy atom. The van der Waals surface area contributed by atoms with Crippen LogP contribution in [-0.4, -0.2) is 62.9 Å². The SMILES string of the molecule is COc1ncnc2ccc(N3CCN(Cc4nncn4C)CC3)cc12. The van der Waals surface area contributed by atoms with E-state index in [0.29, 0.717) is 5.88 Å². The monoisotopic (exact) mass is 339 g/mol. The summed E-state index contributed by atoms with van der Waals surface area (Å²) >= 11 is 0. The number of fused-ring (bicyclic) bond motifs is 1. The number of hydrogen-bond acceptors (Lipinski definition) is 7. The summed E-state index contributed by atoms with van der Waals surface area (Å²) in [5.74, 6) is 1.62. The van der Waals surface area contributed by atoms with Gasteiger partial charge in [0.05, 0.1) is 24.6 Å². The van der Waals surface area contributed by atoms with Crippen LogP contribution >= 0.6 is 0 Å². The molecule has 0 spiro atoms. The molecular formula is C17H21N7O. The number of hydrogen-bond donors (Lipinski definition) is 0. The molecule has 3 heterocycles. The minimum Gasteiger partial charge on any atom is -0.480 e. The second kappa shape index (κ2) is 6.64. The molecule has 4 rings (SSSR count). The van der Waals surface area contributed by atoms with Gasteiger partial charge < -0.3 is 14.2 Å². The van der Waals surface area contributed by atoms with Gasteiger partial charge in [0.15, 0.2) is 0 Å². The first-order valence-electron chi connectivity index (χ1n) is 8.33. The van der Waals surface area contributed by atoms with E-state index in [1.54, 1.807) is 13.4 Å². The quantitative estimate of drug-likeness (QED) is 0.704. The van der Waals surface area contributed by atoms with E-state index in [1.165, 1.54) is 12.0 Å². The summed E-state index contributed by atoms with van der Waals surface area (Å²) in [6.45, 7) is 4.77. The van der Waals surface area contributed by atoms with Gasteiger partial charge in [0.1, 0.15) is 18.5 Å². The van der Waals surface area contributed by atoms with Crippen molar-refractivity contribution in [1.29, 1.82) is 0 Å². The molecule has 3 aromatic rings. The van der Waals surface area contributed by atoms with E-state index in [2.05, 4.69) is 42.1 Å². The van der Waals surface area contributed by atoms with E-state index in [0.717, 1.165) is 49.5 Å². The molecule has 8 nitrogen and oxygen atoms in total. The van der Waals surface area contributed by atoms with E-state index in [1.807, 2.05) is 17.7 Å². The van der Waals surface area contributed by atoms with Crippen molar-refractivity contribution in [3.63, 3.8) is 0 Å². The highest BCUT2D eigenvalue weighted by Crippen LogP contribution is 2.27. The van der Waals surface area contributed by atoms with Gasteiger partial charge in [-0.25, -0.2) is 9.97 Å². The lowest BCUT2D eigenvalue weighted by molar-refractivity contribution is 0.241. The Morgan fingerprint density at radius 2 is 1.96 bits per heavy atom. The maximum absolute atomic E-state index is 5.36. The minimum absolute atomic E-state index is 0.618. The lowest BCUT2D eigenvalue weighted by Gasteiger charge is -2.35. The van der Waals surface area contributed by atoms with Gasteiger partial charge in [-0.3, -0.25) is 4.90 Å². The summed E-state index contributed by atoms with van der Waals surface area (Å²) in [6.07, 6.45) is 3.28. The predicted octanol–water partition coefficient (Wildman–Crippen LogP) is 1.09. The number of ether oxygens (including phenoxy) is 1. The molecule has 1 fully saturated rings. The predicted molar refractivity (Wildman–Crippen MR) is 94.6 cm³/mol. The number of aromatic nitrogens is 5. The van der Waals surface area contributed by atoms with Crippen LogP contribution in [0.1, 0.15) is 5.82 Å². The van der Waals surface area contributed by atoms with Crippen molar-refractivity contribution in [3.8, 4) is 5.88 Å². The normalized spacial score (nSPS) is 15.7. The number of rotatable bonds is 4. The number of anilines is 1. The minimum atomic E-state index is 0.618. The molecule has 0 unspecified atom stereocenters. The summed E-state index contributed by atoms with van der Waals surface area (Å²) in [6, 6.07) is 6.26. The van der Waals surface area contributed by atoms with Crippen LogP contribution in [0.5, 0.6) is 5.88 Å². The molecule has 130 valence electrons. The van der Waals surface area contributed by atoms with Gasteiger partial charge in [-0.15, -0.1) is 10.2 Å². The number of piperazine rings is 1. The molecule has 0 N–H and O–H groups in total. The van der Waals surface area contributed by atoms with Crippen LogP contribution < -0.4 is 9.64 Å². The second-order valence-corrected chi connectivity index (χ2v) is 6.21. The van der Waals surface area contributed by atoms with Gasteiger partial charge in [-0.1, -0.05) is 0 Å². The molecule has 2 aromatic heterocycles. The van der Waals surface area contributed by atoms with E-state index >= 15 is 0 Å². The maximum Gasteiger partial charge on any atom is 0.224 e. The molecule has 1 saturated heterocycles. The van der Waals surface area contributed by atoms with Crippen LogP contribution in [-0.2, 0) is 13.6 Å². The van der Waals surface area contributed by atoms with Crippen LogP contribution in [0.25, 0.3) is 10.9 Å². The van der Waals surface area contributed by atoms with Crippen LogP contribution in [0.4, 0.5) is 5.69 Å². The molecule has 0 aliphatic carbocycles. The first kappa shape index (κ1) is 15.8. The van der Waals surface area contributed by atoms with Crippen molar-refractivity contribution in [2.24, 2.45) is 7.05 Å². The number of aryl methyl sites for hydroxylation is 1. The highest BCUT2D eigenvalue weighted by molar-refractivity contribution is 5.86. The van der Waals surface area contributed by atoms with Crippen molar-refractivity contribution < 1.29 is 4.74 Å². The van der Waals surface area contributed by atoms with Gasteiger partial charge in [0.2, 0.25) is 5.88 Å². The third kappa shape index (κ3) is 3.12. The van der Waals surface area contributed by atoms with Crippen LogP contribution in [0, 0.1) is 0 Å². The molecule has 0 bridgehead atoms. The summed E-state index contributed by atoms with van der Waals surface area (Å²) in [5, 5.41) is 9.07. The first-order valence-corrected chi connectivity index (χ1v) is 8.33. The molecule has 1 aliphatic rings. The number of benzene rings is 1. The van der Waals surface area contributed by atoms with Crippen molar-refractivity contribution >= 4 is 16.6 Å². The van der Waals surface area contributed by atoms with Crippen molar-refractivity contribution in [3.05, 3.63) is 36.7 Å². The third-order valence-corrected chi connectivity index (χ3v) is 4.68. The molecule has 0 atom stereocenters. The Kier molecular flexibility index (Phi) is 4.19. The molecule has 8 heteroatoms. The van der Waals surface area contributed by atoms with Crippen LogP contribution in [0.2, 0.25) is 0 Å². The summed E-state index contributed by atoms with van der Waals surface area (Å²) in [7, 11) is 3.62. The van der Waals surface area contributed by atoms with Gasteiger partial charge in [0, 0.05) is 38.9 Å². The fraction of sp³-hybridized carbons (Fsp3) is 0.412. The standard InChI is InChI=1S/C17H21N7O/c1-22-12-20-21-16(22)10-23-5-7-24(8-6-23)13-3-4-15-14(9-13)17(25-2)19-11-18-15/h3-4,9,11-12H,5-8,10H2,1-2H3. The van der Waals surface area contributed by atoms with Crippen molar-refractivity contribution in [2.45, 2.75) is 6.54 Å². The Morgan fingerprint density at radius 1 is 1.12 bits per heavy atom. The van der Waals surface area contributed by atoms with E-state index in [-0.39, 0.29) is 0 Å². The first-order chi connectivity index (χ1) is 12.2. The Hall–Kier alpha value is -2.74. The lowest BCUT2D eigenvalue weighted by Crippen LogP contribution is -2.46. The highest BCUT2D eigenvalue weighted by atomic mass is 16.5. The third-order valence-electron chi connectivity index (χ3n) is 4.68. The van der Waals surface area contributed by atoms with Gasteiger partial charge in [-0.05, 0) is 18.2 Å². The average molecular weight is 339 g/mol. The van der Waals surface area contributed by atoms with Gasteiger partial charge in [0.25, 0.3) is 0 Å². The smallest absolute Gasteiger partial charge is 0.224 e. The summed E-state index contributed by atoms with van der Waals surface area (Å²) in [5.41, 5.74) is 2.08. The highest BCUT2D eigenvalue weighted by Gasteiger charge is 2.19. The van der Waals surface area contributed by atoms with Gasteiger partial charge in [-0.2, -0.15) is 0 Å². The molecule has 0 radical (unpaired) electrons. The number of methoxy groups -OCH3 is 1. The van der Waals surface area contributed by atoms with E-state index < -0.39 is 0 Å². The molecule has 1 aromatic carbocycles. The topological polar surface area (TPSA) is 72.2 Å². The number of nitrogens with zero attached hydrogens (tertiary/aromatic N) is 7. The maximum atomic E-state index is 5.36. The molecule has 0 amide bonds. The zero-order chi connectivity index (χ0) is 17.2. The summed E-state index contributed by atoms with van der Waals surface area (Å²) in [4.78, 5) is 13.3. The van der Waals surface area contributed by atoms with E-state index in [9.17, 15) is 0 Å². The molecule has 0 saturated carbocycles. The zero-order valence-electron chi connectivity index (χ0n) is 14.5. The fourth-order valence-corrected chi connectivity index (χ4v) is 3.19. The average Bonchev–Trinajstić information content (AvgIpc) is 3.06. The van der Waals surface area contributed by atoms with E-state index in [4.69, 9.17) is 4.74 Å². The Labute approximate surface area is 146 Å². The molecule has 25 heavy (non-hydrogen) atoms. The van der Waals surface area contributed by atoms with Crippen LogP contribution in [0.3, 0.4) is 0 Å². The Bertz CT molecular complexity index is 870. The Balaban J connectivity index is 1.47. The molecule has 1 aliphatic heterocycles. The van der Waals surface area contributed by atoms with Crippen molar-refractivity contribution in [2.75, 3.05) is 38.2 Å². The largest absolute Gasteiger partial charge is 0.480 e. The van der Waals surface area contributed by atoms with Crippen LogP contribution in [0.15, 0.2) is 30.9 Å². The molecular weight excluding hydrogens is 318 g/mol. The lowest BCUT2D eigenvalue weighted by atomic mass is 10.2. The zero-order valence-corrected chi connectivity index (χ0v) is 14.5.